The normalized spacial score (nSPS) is 17.5. The third kappa shape index (κ3) is 4.36. The Hall–Kier alpha value is -4.36. The monoisotopic (exact) mass is 518 g/mol. The number of allylic oxidation sites excluding steroid dienone is 4. The second kappa shape index (κ2) is 10.7. The van der Waals surface area contributed by atoms with E-state index >= 15 is 0 Å². The number of ether oxygens (including phenoxy) is 1. The van der Waals surface area contributed by atoms with Gasteiger partial charge in [0.25, 0.3) is 0 Å². The van der Waals surface area contributed by atoms with E-state index in [2.05, 4.69) is 121 Å². The van der Waals surface area contributed by atoms with Crippen molar-refractivity contribution in [1.82, 2.24) is 0 Å². The van der Waals surface area contributed by atoms with E-state index < -0.39 is 0 Å². The zero-order valence-electron chi connectivity index (χ0n) is 23.1. The van der Waals surface area contributed by atoms with E-state index in [0.717, 1.165) is 37.9 Å². The molecule has 0 spiro atoms. The predicted octanol–water partition coefficient (Wildman–Crippen LogP) is 8.44. The van der Waals surface area contributed by atoms with E-state index in [0.29, 0.717) is 0 Å². The van der Waals surface area contributed by atoms with Crippen LogP contribution in [0.25, 0.3) is 46.1 Å². The largest absolute Gasteiger partial charge is 0.496 e. The van der Waals surface area contributed by atoms with Crippen LogP contribution in [0.1, 0.15) is 53.9 Å². The van der Waals surface area contributed by atoms with Crippen LogP contribution in [0, 0.1) is 0 Å². The fourth-order valence-corrected chi connectivity index (χ4v) is 6.79. The van der Waals surface area contributed by atoms with Gasteiger partial charge < -0.3 is 4.74 Å². The molecule has 40 heavy (non-hydrogen) atoms. The van der Waals surface area contributed by atoms with Gasteiger partial charge in [0.15, 0.2) is 0 Å². The Labute approximate surface area is 237 Å². The maximum absolute atomic E-state index is 6.08. The van der Waals surface area contributed by atoms with Crippen LogP contribution in [0.4, 0.5) is 0 Å². The SMILES string of the molecule is COC1=C(c2c3c(c(-c4ccccc4)c4c2=CCCC=4)CCC=C3)CC(c2cccc(-c3ccccc3)c2)C=C1. The third-order valence-corrected chi connectivity index (χ3v) is 8.64. The van der Waals surface area contributed by atoms with Crippen molar-refractivity contribution in [2.45, 2.75) is 38.0 Å². The highest BCUT2D eigenvalue weighted by molar-refractivity contribution is 5.86. The van der Waals surface area contributed by atoms with E-state index in [4.69, 9.17) is 4.74 Å². The standard InChI is InChI=1S/C39H34O/c1-40-37-24-23-31(30-18-12-17-29(25-30)27-13-4-2-5-14-27)26-36(37)39-34-21-10-8-19-32(34)38(28-15-6-3-7-16-28)33-20-9-11-22-35(33)39/h2-7,10,12-18,20-25,31H,8-9,11,19,26H2,1H3. The lowest BCUT2D eigenvalue weighted by Gasteiger charge is -2.28. The summed E-state index contributed by atoms with van der Waals surface area (Å²) in [5.74, 6) is 1.28. The molecule has 1 atom stereocenters. The van der Waals surface area contributed by atoms with Crippen molar-refractivity contribution in [2.24, 2.45) is 0 Å². The molecular formula is C39H34O. The molecule has 7 rings (SSSR count). The summed E-state index contributed by atoms with van der Waals surface area (Å²) in [4.78, 5) is 0. The fraction of sp³-hybridized carbons (Fsp3) is 0.179. The van der Waals surface area contributed by atoms with Crippen LogP contribution in [0.2, 0.25) is 0 Å². The van der Waals surface area contributed by atoms with Crippen molar-refractivity contribution in [3.8, 4) is 22.3 Å². The molecule has 3 aliphatic carbocycles. The minimum absolute atomic E-state index is 0.290. The molecule has 0 N–H and O–H groups in total. The lowest BCUT2D eigenvalue weighted by atomic mass is 9.77. The van der Waals surface area contributed by atoms with Crippen LogP contribution >= 0.6 is 0 Å². The van der Waals surface area contributed by atoms with Crippen molar-refractivity contribution >= 4 is 23.8 Å². The molecule has 0 aliphatic heterocycles. The molecule has 4 aromatic carbocycles. The second-order valence-electron chi connectivity index (χ2n) is 11.0. The maximum Gasteiger partial charge on any atom is 0.122 e. The zero-order chi connectivity index (χ0) is 26.9. The Kier molecular flexibility index (Phi) is 6.57. The van der Waals surface area contributed by atoms with Crippen molar-refractivity contribution < 1.29 is 4.74 Å². The van der Waals surface area contributed by atoms with Crippen LogP contribution in [-0.4, -0.2) is 7.11 Å². The van der Waals surface area contributed by atoms with Gasteiger partial charge in [-0.3, -0.25) is 0 Å². The number of hydrogen-bond acceptors (Lipinski definition) is 1. The Morgan fingerprint density at radius 1 is 0.675 bits per heavy atom. The molecule has 0 bridgehead atoms. The van der Waals surface area contributed by atoms with Gasteiger partial charge in [0.2, 0.25) is 0 Å². The summed E-state index contributed by atoms with van der Waals surface area (Å²) in [6.45, 7) is 0. The van der Waals surface area contributed by atoms with Crippen LogP contribution < -0.4 is 10.4 Å². The molecule has 1 heteroatoms. The predicted molar refractivity (Wildman–Crippen MR) is 169 cm³/mol. The van der Waals surface area contributed by atoms with Gasteiger partial charge in [0.1, 0.15) is 5.76 Å². The summed E-state index contributed by atoms with van der Waals surface area (Å²) in [7, 11) is 1.82. The Bertz CT molecular complexity index is 1790. The van der Waals surface area contributed by atoms with Gasteiger partial charge in [-0.25, -0.2) is 0 Å². The maximum atomic E-state index is 6.08. The molecule has 1 nitrogen and oxygen atoms in total. The first kappa shape index (κ1) is 24.7. The molecule has 3 aliphatic rings. The highest BCUT2D eigenvalue weighted by Gasteiger charge is 2.27. The van der Waals surface area contributed by atoms with Gasteiger partial charge in [0, 0.05) is 11.5 Å². The van der Waals surface area contributed by atoms with E-state index in [1.165, 1.54) is 60.5 Å². The van der Waals surface area contributed by atoms with Gasteiger partial charge in [-0.1, -0.05) is 115 Å². The summed E-state index contributed by atoms with van der Waals surface area (Å²) >= 11 is 0. The fourth-order valence-electron chi connectivity index (χ4n) is 6.79. The van der Waals surface area contributed by atoms with E-state index in [1.807, 2.05) is 7.11 Å². The summed E-state index contributed by atoms with van der Waals surface area (Å²) in [5.41, 5.74) is 12.2. The third-order valence-electron chi connectivity index (χ3n) is 8.64. The number of benzene rings is 4. The smallest absolute Gasteiger partial charge is 0.122 e. The molecule has 4 aromatic rings. The first-order valence-corrected chi connectivity index (χ1v) is 14.5. The molecule has 1 unspecified atom stereocenters. The van der Waals surface area contributed by atoms with Crippen LogP contribution in [0.5, 0.6) is 0 Å². The quantitative estimate of drug-likeness (QED) is 0.258. The number of fused-ring (bicyclic) bond motifs is 2. The van der Waals surface area contributed by atoms with Crippen LogP contribution in [0.15, 0.2) is 109 Å². The van der Waals surface area contributed by atoms with Gasteiger partial charge in [-0.2, -0.15) is 0 Å². The average molecular weight is 519 g/mol. The van der Waals surface area contributed by atoms with Crippen molar-refractivity contribution in [3.63, 3.8) is 0 Å². The number of rotatable bonds is 5. The van der Waals surface area contributed by atoms with Crippen molar-refractivity contribution in [3.05, 3.63) is 142 Å². The molecule has 0 saturated carbocycles. The lowest BCUT2D eigenvalue weighted by molar-refractivity contribution is 0.306. The highest BCUT2D eigenvalue weighted by Crippen LogP contribution is 2.41. The first-order chi connectivity index (χ1) is 19.8. The van der Waals surface area contributed by atoms with Gasteiger partial charge >= 0.3 is 0 Å². The Morgan fingerprint density at radius 3 is 2.12 bits per heavy atom. The van der Waals surface area contributed by atoms with E-state index in [-0.39, 0.29) is 5.92 Å². The molecule has 0 heterocycles. The highest BCUT2D eigenvalue weighted by atomic mass is 16.5. The van der Waals surface area contributed by atoms with Crippen molar-refractivity contribution in [2.75, 3.05) is 7.11 Å². The molecule has 0 fully saturated rings. The molecule has 0 saturated heterocycles. The summed E-state index contributed by atoms with van der Waals surface area (Å²) in [5, 5.41) is 2.79. The minimum atomic E-state index is 0.290. The molecule has 0 aromatic heterocycles. The summed E-state index contributed by atoms with van der Waals surface area (Å²) < 4.78 is 6.08. The van der Waals surface area contributed by atoms with Crippen LogP contribution in [-0.2, 0) is 11.2 Å². The average Bonchev–Trinajstić information content (AvgIpc) is 3.04. The molecule has 0 radical (unpaired) electrons. The van der Waals surface area contributed by atoms with E-state index in [9.17, 15) is 0 Å². The molecule has 196 valence electrons. The zero-order valence-corrected chi connectivity index (χ0v) is 23.1. The van der Waals surface area contributed by atoms with Gasteiger partial charge in [-0.15, -0.1) is 0 Å². The van der Waals surface area contributed by atoms with Gasteiger partial charge in [-0.05, 0) is 93.1 Å². The topological polar surface area (TPSA) is 9.23 Å². The van der Waals surface area contributed by atoms with E-state index in [1.54, 1.807) is 0 Å². The van der Waals surface area contributed by atoms with Gasteiger partial charge in [0.05, 0.1) is 7.11 Å². The summed E-state index contributed by atoms with van der Waals surface area (Å²) in [6, 6.07) is 30.7. The Morgan fingerprint density at radius 2 is 1.38 bits per heavy atom. The lowest BCUT2D eigenvalue weighted by Crippen LogP contribution is -2.35. The van der Waals surface area contributed by atoms with Crippen LogP contribution in [0.3, 0.4) is 0 Å². The first-order valence-electron chi connectivity index (χ1n) is 14.5. The number of hydrogen-bond donors (Lipinski definition) is 0. The molecule has 0 amide bonds. The Balaban J connectivity index is 1.40. The van der Waals surface area contributed by atoms with Crippen molar-refractivity contribution in [1.29, 1.82) is 0 Å². The molecular weight excluding hydrogens is 484 g/mol. The summed E-state index contributed by atoms with van der Waals surface area (Å²) in [6.07, 6.45) is 19.5. The minimum Gasteiger partial charge on any atom is -0.496 e. The number of methoxy groups -OCH3 is 1. The second-order valence-corrected chi connectivity index (χ2v) is 11.0.